The van der Waals surface area contributed by atoms with Crippen LogP contribution in [0.2, 0.25) is 0 Å². The summed E-state index contributed by atoms with van der Waals surface area (Å²) >= 11 is 2.21. The van der Waals surface area contributed by atoms with Crippen LogP contribution in [0.1, 0.15) is 0 Å². The normalized spacial score (nSPS) is 11.0. The second-order valence-corrected chi connectivity index (χ2v) is 6.92. The first-order chi connectivity index (χ1) is 13.6. The van der Waals surface area contributed by atoms with E-state index >= 15 is 0 Å². The van der Waals surface area contributed by atoms with E-state index in [1.807, 2.05) is 18.2 Å². The van der Waals surface area contributed by atoms with Gasteiger partial charge in [-0.25, -0.2) is 15.0 Å². The summed E-state index contributed by atoms with van der Waals surface area (Å²) in [5, 5.41) is 3.96. The third-order valence-corrected chi connectivity index (χ3v) is 4.44. The Balaban J connectivity index is 1.80. The first kappa shape index (κ1) is 18.4. The van der Waals surface area contributed by atoms with Gasteiger partial charge in [0.25, 0.3) is 0 Å². The monoisotopic (exact) mass is 491 g/mol. The molecule has 4 aromatic rings. The molecular formula is C19H12F2IN5O. The fraction of sp³-hybridized carbons (Fsp3) is 0.0526. The zero-order chi connectivity index (χ0) is 19.5. The fourth-order valence-electron chi connectivity index (χ4n) is 2.61. The van der Waals surface area contributed by atoms with E-state index in [-0.39, 0.29) is 5.75 Å². The van der Waals surface area contributed by atoms with Gasteiger partial charge in [-0.15, -0.1) is 0 Å². The topological polar surface area (TPSA) is 72.8 Å². The second kappa shape index (κ2) is 7.97. The molecule has 28 heavy (non-hydrogen) atoms. The quantitative estimate of drug-likeness (QED) is 0.395. The highest BCUT2D eigenvalue weighted by Crippen LogP contribution is 2.29. The molecule has 0 aliphatic rings. The highest BCUT2D eigenvalue weighted by atomic mass is 127. The van der Waals surface area contributed by atoms with Gasteiger partial charge in [0, 0.05) is 33.1 Å². The number of benzene rings is 2. The van der Waals surface area contributed by atoms with E-state index in [4.69, 9.17) is 0 Å². The minimum absolute atomic E-state index is 0.0575. The standard InChI is InChI=1S/C19H12F2IN5O/c20-19(21)28-13-3-1-2-12(9-13)25-17-14-8-11(22)4-5-15(14)26-18(27-17)16-10-23-6-7-24-16/h1-10,19H,(H,25,26,27). The fourth-order valence-corrected chi connectivity index (χ4v) is 3.10. The molecule has 6 nitrogen and oxygen atoms in total. The molecule has 0 unspecified atom stereocenters. The van der Waals surface area contributed by atoms with E-state index < -0.39 is 6.61 Å². The van der Waals surface area contributed by atoms with Gasteiger partial charge in [-0.2, -0.15) is 8.78 Å². The van der Waals surface area contributed by atoms with Crippen molar-refractivity contribution in [1.82, 2.24) is 19.9 Å². The third kappa shape index (κ3) is 4.14. The van der Waals surface area contributed by atoms with E-state index in [1.54, 1.807) is 30.7 Å². The molecule has 0 radical (unpaired) electrons. The van der Waals surface area contributed by atoms with Crippen LogP contribution in [0.15, 0.2) is 61.1 Å². The van der Waals surface area contributed by atoms with Gasteiger partial charge in [-0.05, 0) is 52.9 Å². The van der Waals surface area contributed by atoms with Crippen molar-refractivity contribution < 1.29 is 13.5 Å². The van der Waals surface area contributed by atoms with Gasteiger partial charge in [0.05, 0.1) is 11.7 Å². The first-order valence-electron chi connectivity index (χ1n) is 8.14. The minimum atomic E-state index is -2.89. The largest absolute Gasteiger partial charge is 0.435 e. The maximum absolute atomic E-state index is 12.5. The first-order valence-corrected chi connectivity index (χ1v) is 9.22. The Morgan fingerprint density at radius 1 is 1.04 bits per heavy atom. The zero-order valence-electron chi connectivity index (χ0n) is 14.2. The van der Waals surface area contributed by atoms with Crippen LogP contribution in [0.3, 0.4) is 0 Å². The molecule has 0 aliphatic carbocycles. The second-order valence-electron chi connectivity index (χ2n) is 5.68. The lowest BCUT2D eigenvalue weighted by atomic mass is 10.2. The van der Waals surface area contributed by atoms with Crippen LogP contribution in [-0.2, 0) is 0 Å². The molecule has 0 amide bonds. The molecule has 2 aromatic carbocycles. The molecule has 0 saturated heterocycles. The number of anilines is 2. The van der Waals surface area contributed by atoms with Crippen molar-refractivity contribution in [1.29, 1.82) is 0 Å². The maximum atomic E-state index is 12.5. The number of ether oxygens (including phenoxy) is 1. The smallest absolute Gasteiger partial charge is 0.387 e. The van der Waals surface area contributed by atoms with Crippen LogP contribution in [-0.4, -0.2) is 26.5 Å². The molecule has 140 valence electrons. The number of alkyl halides is 2. The molecule has 2 aromatic heterocycles. The van der Waals surface area contributed by atoms with E-state index in [0.29, 0.717) is 23.0 Å². The summed E-state index contributed by atoms with van der Waals surface area (Å²) in [7, 11) is 0. The highest BCUT2D eigenvalue weighted by molar-refractivity contribution is 14.1. The summed E-state index contributed by atoms with van der Waals surface area (Å²) in [6.07, 6.45) is 4.71. The van der Waals surface area contributed by atoms with Gasteiger partial charge in [0.1, 0.15) is 17.3 Å². The number of aromatic nitrogens is 4. The van der Waals surface area contributed by atoms with E-state index in [9.17, 15) is 8.78 Å². The lowest BCUT2D eigenvalue weighted by Crippen LogP contribution is -2.03. The Morgan fingerprint density at radius 3 is 2.71 bits per heavy atom. The van der Waals surface area contributed by atoms with Gasteiger partial charge < -0.3 is 10.1 Å². The van der Waals surface area contributed by atoms with Gasteiger partial charge >= 0.3 is 6.61 Å². The number of nitrogens with zero attached hydrogens (tertiary/aromatic N) is 4. The average molecular weight is 491 g/mol. The van der Waals surface area contributed by atoms with Crippen molar-refractivity contribution in [3.05, 3.63) is 64.6 Å². The number of fused-ring (bicyclic) bond motifs is 1. The van der Waals surface area contributed by atoms with Crippen molar-refractivity contribution in [2.24, 2.45) is 0 Å². The summed E-state index contributed by atoms with van der Waals surface area (Å²) in [6, 6.07) is 12.1. The van der Waals surface area contributed by atoms with Crippen molar-refractivity contribution in [2.45, 2.75) is 6.61 Å². The van der Waals surface area contributed by atoms with Gasteiger partial charge in [-0.3, -0.25) is 4.98 Å². The number of nitrogens with one attached hydrogen (secondary N) is 1. The van der Waals surface area contributed by atoms with E-state index in [1.165, 1.54) is 12.1 Å². The molecule has 0 spiro atoms. The third-order valence-electron chi connectivity index (χ3n) is 3.77. The molecule has 4 rings (SSSR count). The summed E-state index contributed by atoms with van der Waals surface area (Å²) < 4.78 is 30.5. The SMILES string of the molecule is FC(F)Oc1cccc(Nc2nc(-c3cnccn3)nc3ccc(I)cc23)c1. The van der Waals surface area contributed by atoms with Crippen molar-refractivity contribution in [2.75, 3.05) is 5.32 Å². The summed E-state index contributed by atoms with van der Waals surface area (Å²) in [6.45, 7) is -2.89. The molecule has 9 heteroatoms. The Bertz CT molecular complexity index is 1130. The summed E-state index contributed by atoms with van der Waals surface area (Å²) in [5.74, 6) is 0.991. The number of hydrogen-bond acceptors (Lipinski definition) is 6. The lowest BCUT2D eigenvalue weighted by molar-refractivity contribution is -0.0497. The molecule has 0 bridgehead atoms. The predicted octanol–water partition coefficient (Wildman–Crippen LogP) is 5.04. The van der Waals surface area contributed by atoms with Crippen LogP contribution >= 0.6 is 22.6 Å². The van der Waals surface area contributed by atoms with Crippen LogP contribution in [0.4, 0.5) is 20.3 Å². The van der Waals surface area contributed by atoms with Crippen molar-refractivity contribution >= 4 is 45.0 Å². The molecule has 0 saturated carbocycles. The van der Waals surface area contributed by atoms with Crippen molar-refractivity contribution in [3.8, 4) is 17.3 Å². The van der Waals surface area contributed by atoms with E-state index in [0.717, 1.165) is 14.5 Å². The van der Waals surface area contributed by atoms with Crippen LogP contribution in [0, 0.1) is 3.57 Å². The number of halogens is 3. The molecule has 2 heterocycles. The number of hydrogen-bond donors (Lipinski definition) is 1. The van der Waals surface area contributed by atoms with Crippen LogP contribution < -0.4 is 10.1 Å². The predicted molar refractivity (Wildman–Crippen MR) is 110 cm³/mol. The molecule has 0 fully saturated rings. The molecular weight excluding hydrogens is 479 g/mol. The molecule has 0 atom stereocenters. The number of rotatable bonds is 5. The molecule has 0 aliphatic heterocycles. The Hall–Kier alpha value is -2.95. The molecule has 1 N–H and O–H groups in total. The van der Waals surface area contributed by atoms with Crippen LogP contribution in [0.5, 0.6) is 5.75 Å². The Labute approximate surface area is 172 Å². The summed E-state index contributed by atoms with van der Waals surface area (Å²) in [5.41, 5.74) is 1.81. The summed E-state index contributed by atoms with van der Waals surface area (Å²) in [4.78, 5) is 17.5. The average Bonchev–Trinajstić information content (AvgIpc) is 2.69. The Morgan fingerprint density at radius 2 is 1.93 bits per heavy atom. The zero-order valence-corrected chi connectivity index (χ0v) is 16.3. The maximum Gasteiger partial charge on any atom is 0.387 e. The Kier molecular flexibility index (Phi) is 5.24. The van der Waals surface area contributed by atoms with Gasteiger partial charge in [0.15, 0.2) is 5.82 Å². The van der Waals surface area contributed by atoms with Crippen molar-refractivity contribution in [3.63, 3.8) is 0 Å². The minimum Gasteiger partial charge on any atom is -0.435 e. The van der Waals surface area contributed by atoms with E-state index in [2.05, 4.69) is 52.6 Å². The van der Waals surface area contributed by atoms with Gasteiger partial charge in [0.2, 0.25) is 0 Å². The van der Waals surface area contributed by atoms with Crippen LogP contribution in [0.25, 0.3) is 22.4 Å². The van der Waals surface area contributed by atoms with Gasteiger partial charge in [-0.1, -0.05) is 6.07 Å². The lowest BCUT2D eigenvalue weighted by Gasteiger charge is -2.12. The highest BCUT2D eigenvalue weighted by Gasteiger charge is 2.12.